The van der Waals surface area contributed by atoms with Crippen molar-refractivity contribution in [1.82, 2.24) is 9.80 Å². The first-order valence-corrected chi connectivity index (χ1v) is 6.50. The molecule has 2 unspecified atom stereocenters. The Balaban J connectivity index is 1.81. The maximum absolute atomic E-state index is 11.3. The van der Waals surface area contributed by atoms with Crippen molar-refractivity contribution in [3.05, 3.63) is 0 Å². The van der Waals surface area contributed by atoms with Crippen LogP contribution in [0.25, 0.3) is 0 Å². The first-order chi connectivity index (χ1) is 8.18. The third kappa shape index (κ3) is 3.18. The monoisotopic (exact) mass is 241 g/mol. The van der Waals surface area contributed by atoms with E-state index in [2.05, 4.69) is 16.8 Å². The van der Waals surface area contributed by atoms with Gasteiger partial charge in [-0.05, 0) is 32.9 Å². The van der Waals surface area contributed by atoms with Gasteiger partial charge in [-0.3, -0.25) is 9.69 Å². The van der Waals surface area contributed by atoms with Crippen molar-refractivity contribution >= 4 is 5.91 Å². The number of nitrogens with two attached hydrogens (primary N) is 1. The van der Waals surface area contributed by atoms with Crippen LogP contribution in [0.5, 0.6) is 0 Å². The zero-order chi connectivity index (χ0) is 12.3. The number of ether oxygens (including phenoxy) is 1. The Morgan fingerprint density at radius 3 is 2.94 bits per heavy atom. The van der Waals surface area contributed by atoms with Crippen LogP contribution in [0.2, 0.25) is 0 Å². The Labute approximate surface area is 103 Å². The molecule has 0 aliphatic carbocycles. The summed E-state index contributed by atoms with van der Waals surface area (Å²) < 4.78 is 5.31. The van der Waals surface area contributed by atoms with Crippen LogP contribution in [-0.4, -0.2) is 67.7 Å². The molecule has 5 nitrogen and oxygen atoms in total. The average Bonchev–Trinajstić information content (AvgIpc) is 2.72. The summed E-state index contributed by atoms with van der Waals surface area (Å²) >= 11 is 0. The van der Waals surface area contributed by atoms with E-state index in [0.29, 0.717) is 19.3 Å². The van der Waals surface area contributed by atoms with Crippen LogP contribution in [0.1, 0.15) is 19.3 Å². The molecule has 2 aliphatic heterocycles. The number of morpholine rings is 1. The normalized spacial score (nSPS) is 31.8. The molecule has 2 fully saturated rings. The van der Waals surface area contributed by atoms with E-state index < -0.39 is 0 Å². The number of nitrogens with zero attached hydrogens (tertiary/aromatic N) is 2. The Kier molecular flexibility index (Phi) is 4.36. The van der Waals surface area contributed by atoms with E-state index in [1.165, 1.54) is 19.4 Å². The van der Waals surface area contributed by atoms with Gasteiger partial charge in [0.2, 0.25) is 5.91 Å². The minimum absolute atomic E-state index is 0.226. The van der Waals surface area contributed by atoms with Crippen molar-refractivity contribution in [2.24, 2.45) is 5.73 Å². The highest BCUT2D eigenvalue weighted by Gasteiger charge is 2.29. The molecule has 1 amide bonds. The molecular formula is C12H23N3O2. The molecule has 2 saturated heterocycles. The summed E-state index contributed by atoms with van der Waals surface area (Å²) in [6, 6.07) is 0.446. The lowest BCUT2D eigenvalue weighted by Crippen LogP contribution is -2.53. The molecule has 0 aromatic rings. The van der Waals surface area contributed by atoms with Crippen molar-refractivity contribution in [1.29, 1.82) is 0 Å². The largest absolute Gasteiger partial charge is 0.378 e. The molecule has 0 aromatic carbocycles. The molecule has 2 heterocycles. The van der Waals surface area contributed by atoms with Crippen LogP contribution in [0, 0.1) is 0 Å². The van der Waals surface area contributed by atoms with Gasteiger partial charge in [-0.25, -0.2) is 0 Å². The van der Waals surface area contributed by atoms with Crippen molar-refractivity contribution in [2.75, 3.05) is 39.9 Å². The SMILES string of the molecule is CN1CCCC1CCN1CCOCC1C(N)=O. The molecular weight excluding hydrogens is 218 g/mol. The minimum Gasteiger partial charge on any atom is -0.378 e. The molecule has 2 rings (SSSR count). The van der Waals surface area contributed by atoms with E-state index in [9.17, 15) is 4.79 Å². The van der Waals surface area contributed by atoms with Gasteiger partial charge in [-0.2, -0.15) is 0 Å². The van der Waals surface area contributed by atoms with Gasteiger partial charge in [0.1, 0.15) is 6.04 Å². The summed E-state index contributed by atoms with van der Waals surface area (Å²) in [5, 5.41) is 0. The molecule has 0 saturated carbocycles. The Bertz CT molecular complexity index is 272. The summed E-state index contributed by atoms with van der Waals surface area (Å²) in [7, 11) is 2.18. The Morgan fingerprint density at radius 1 is 1.47 bits per heavy atom. The molecule has 0 aromatic heterocycles. The van der Waals surface area contributed by atoms with Crippen molar-refractivity contribution < 1.29 is 9.53 Å². The van der Waals surface area contributed by atoms with Gasteiger partial charge in [0.05, 0.1) is 13.2 Å². The van der Waals surface area contributed by atoms with Gasteiger partial charge in [-0.1, -0.05) is 0 Å². The zero-order valence-corrected chi connectivity index (χ0v) is 10.6. The minimum atomic E-state index is -0.260. The fourth-order valence-corrected chi connectivity index (χ4v) is 2.83. The van der Waals surface area contributed by atoms with Gasteiger partial charge < -0.3 is 15.4 Å². The van der Waals surface area contributed by atoms with Gasteiger partial charge >= 0.3 is 0 Å². The fraction of sp³-hybridized carbons (Fsp3) is 0.917. The lowest BCUT2D eigenvalue weighted by Gasteiger charge is -2.34. The predicted molar refractivity (Wildman–Crippen MR) is 65.6 cm³/mol. The highest BCUT2D eigenvalue weighted by atomic mass is 16.5. The summed E-state index contributed by atoms with van der Waals surface area (Å²) in [6.07, 6.45) is 3.70. The van der Waals surface area contributed by atoms with Gasteiger partial charge in [-0.15, -0.1) is 0 Å². The molecule has 98 valence electrons. The Morgan fingerprint density at radius 2 is 2.29 bits per heavy atom. The van der Waals surface area contributed by atoms with Crippen LogP contribution >= 0.6 is 0 Å². The van der Waals surface area contributed by atoms with E-state index in [1.807, 2.05) is 0 Å². The van der Waals surface area contributed by atoms with Crippen molar-refractivity contribution in [2.45, 2.75) is 31.3 Å². The van der Waals surface area contributed by atoms with Gasteiger partial charge in [0, 0.05) is 19.1 Å². The van der Waals surface area contributed by atoms with Crippen LogP contribution in [-0.2, 0) is 9.53 Å². The summed E-state index contributed by atoms with van der Waals surface area (Å²) in [5.41, 5.74) is 5.40. The zero-order valence-electron chi connectivity index (χ0n) is 10.6. The van der Waals surface area contributed by atoms with Gasteiger partial charge in [0.15, 0.2) is 0 Å². The third-order valence-corrected chi connectivity index (χ3v) is 3.99. The second kappa shape index (κ2) is 5.80. The van der Waals surface area contributed by atoms with Crippen LogP contribution in [0.4, 0.5) is 0 Å². The first-order valence-electron chi connectivity index (χ1n) is 6.50. The van der Waals surface area contributed by atoms with E-state index in [1.54, 1.807) is 0 Å². The predicted octanol–water partition coefficient (Wildman–Crippen LogP) is -0.343. The van der Waals surface area contributed by atoms with Crippen molar-refractivity contribution in [3.8, 4) is 0 Å². The van der Waals surface area contributed by atoms with Crippen LogP contribution in [0.15, 0.2) is 0 Å². The summed E-state index contributed by atoms with van der Waals surface area (Å²) in [5.74, 6) is -0.260. The molecule has 0 spiro atoms. The number of hydrogen-bond donors (Lipinski definition) is 1. The molecule has 5 heteroatoms. The highest BCUT2D eigenvalue weighted by molar-refractivity contribution is 5.80. The number of carbonyl (C=O) groups excluding carboxylic acids is 1. The maximum atomic E-state index is 11.3. The molecule has 0 radical (unpaired) electrons. The Hall–Kier alpha value is -0.650. The second-order valence-corrected chi connectivity index (χ2v) is 5.09. The molecule has 17 heavy (non-hydrogen) atoms. The van der Waals surface area contributed by atoms with Gasteiger partial charge in [0.25, 0.3) is 0 Å². The number of carbonyl (C=O) groups is 1. The molecule has 2 atom stereocenters. The van der Waals surface area contributed by atoms with E-state index in [4.69, 9.17) is 10.5 Å². The van der Waals surface area contributed by atoms with Crippen molar-refractivity contribution in [3.63, 3.8) is 0 Å². The number of primary amides is 1. The summed E-state index contributed by atoms with van der Waals surface area (Å²) in [6.45, 7) is 4.14. The quantitative estimate of drug-likeness (QED) is 0.731. The topological polar surface area (TPSA) is 58.8 Å². The standard InChI is InChI=1S/C12H23N3O2/c1-14-5-2-3-10(14)4-6-15-7-8-17-9-11(15)12(13)16/h10-11H,2-9H2,1H3,(H2,13,16). The lowest BCUT2D eigenvalue weighted by atomic mass is 10.1. The van der Waals surface area contributed by atoms with E-state index in [-0.39, 0.29) is 11.9 Å². The smallest absolute Gasteiger partial charge is 0.237 e. The summed E-state index contributed by atoms with van der Waals surface area (Å²) in [4.78, 5) is 15.9. The van der Waals surface area contributed by atoms with Crippen LogP contribution < -0.4 is 5.73 Å². The van der Waals surface area contributed by atoms with E-state index in [0.717, 1.165) is 19.5 Å². The number of likely N-dealkylation sites (tertiary alicyclic amines) is 1. The lowest BCUT2D eigenvalue weighted by molar-refractivity contribution is -0.129. The highest BCUT2D eigenvalue weighted by Crippen LogP contribution is 2.19. The maximum Gasteiger partial charge on any atom is 0.237 e. The molecule has 2 N–H and O–H groups in total. The number of rotatable bonds is 4. The third-order valence-electron chi connectivity index (χ3n) is 3.99. The molecule has 0 bridgehead atoms. The number of amides is 1. The second-order valence-electron chi connectivity index (χ2n) is 5.09. The fourth-order valence-electron chi connectivity index (χ4n) is 2.83. The number of hydrogen-bond acceptors (Lipinski definition) is 4. The van der Waals surface area contributed by atoms with E-state index >= 15 is 0 Å². The first kappa shape index (κ1) is 12.8. The van der Waals surface area contributed by atoms with Crippen LogP contribution in [0.3, 0.4) is 0 Å². The average molecular weight is 241 g/mol. The molecule has 2 aliphatic rings.